The summed E-state index contributed by atoms with van der Waals surface area (Å²) in [4.78, 5) is 19.2. The first-order chi connectivity index (χ1) is 12.3. The van der Waals surface area contributed by atoms with E-state index in [4.69, 9.17) is 4.74 Å². The molecule has 0 aromatic heterocycles. The highest BCUT2D eigenvalue weighted by Crippen LogP contribution is 2.08. The van der Waals surface area contributed by atoms with Gasteiger partial charge in [-0.25, -0.2) is 0 Å². The zero-order valence-corrected chi connectivity index (χ0v) is 15.0. The molecule has 1 aromatic rings. The van der Waals surface area contributed by atoms with Crippen molar-refractivity contribution < 1.29 is 9.53 Å². The number of morpholine rings is 1. The van der Waals surface area contributed by atoms with Gasteiger partial charge in [-0.2, -0.15) is 0 Å². The summed E-state index contributed by atoms with van der Waals surface area (Å²) in [5, 5.41) is 3.05. The molecule has 2 heterocycles. The van der Waals surface area contributed by atoms with Crippen LogP contribution < -0.4 is 5.32 Å². The predicted octanol–water partition coefficient (Wildman–Crippen LogP) is 0.253. The number of carbonyl (C=O) groups is 1. The number of carbonyl (C=O) groups excluding carboxylic acids is 1. The molecule has 6 heteroatoms. The summed E-state index contributed by atoms with van der Waals surface area (Å²) >= 11 is 0. The molecule has 2 aliphatic rings. The fourth-order valence-corrected chi connectivity index (χ4v) is 3.38. The zero-order valence-electron chi connectivity index (χ0n) is 15.0. The molecule has 25 heavy (non-hydrogen) atoms. The van der Waals surface area contributed by atoms with E-state index in [1.165, 1.54) is 5.56 Å². The van der Waals surface area contributed by atoms with Crippen molar-refractivity contribution in [3.8, 4) is 0 Å². The van der Waals surface area contributed by atoms with E-state index in [0.29, 0.717) is 6.54 Å². The minimum atomic E-state index is 0.143. The summed E-state index contributed by atoms with van der Waals surface area (Å²) in [6.45, 7) is 10.7. The third-order valence-corrected chi connectivity index (χ3v) is 4.94. The quantitative estimate of drug-likeness (QED) is 0.767. The van der Waals surface area contributed by atoms with Crippen LogP contribution in [0.1, 0.15) is 5.56 Å². The maximum Gasteiger partial charge on any atom is 0.234 e. The second-order valence-corrected chi connectivity index (χ2v) is 6.84. The molecule has 6 nitrogen and oxygen atoms in total. The summed E-state index contributed by atoms with van der Waals surface area (Å²) < 4.78 is 5.33. The summed E-state index contributed by atoms with van der Waals surface area (Å²) in [5.74, 6) is 0.143. The van der Waals surface area contributed by atoms with Crippen LogP contribution in [0.25, 0.3) is 0 Å². The number of nitrogens with one attached hydrogen (secondary N) is 1. The molecule has 0 atom stereocenters. The van der Waals surface area contributed by atoms with Crippen molar-refractivity contribution in [1.82, 2.24) is 20.0 Å². The first-order valence-corrected chi connectivity index (χ1v) is 9.35. The number of ether oxygens (including phenoxy) is 1. The number of hydrogen-bond acceptors (Lipinski definition) is 5. The Labute approximate surface area is 150 Å². The molecular formula is C19H30N4O2. The van der Waals surface area contributed by atoms with Gasteiger partial charge in [-0.1, -0.05) is 30.3 Å². The molecule has 0 unspecified atom stereocenters. The van der Waals surface area contributed by atoms with Crippen molar-refractivity contribution in [2.45, 2.75) is 6.54 Å². The summed E-state index contributed by atoms with van der Waals surface area (Å²) in [7, 11) is 0. The number of nitrogens with zero attached hydrogens (tertiary/aromatic N) is 3. The third-order valence-electron chi connectivity index (χ3n) is 4.94. The molecule has 1 aromatic carbocycles. The van der Waals surface area contributed by atoms with E-state index in [1.54, 1.807) is 0 Å². The number of hydrogen-bond donors (Lipinski definition) is 1. The van der Waals surface area contributed by atoms with Gasteiger partial charge in [0.1, 0.15) is 0 Å². The second kappa shape index (κ2) is 9.87. The van der Waals surface area contributed by atoms with Gasteiger partial charge in [0.25, 0.3) is 0 Å². The van der Waals surface area contributed by atoms with E-state index in [-0.39, 0.29) is 5.91 Å². The SMILES string of the molecule is O=C(CN1CCN(Cc2ccccc2)CC1)NCCN1CCOCC1. The van der Waals surface area contributed by atoms with Crippen LogP contribution >= 0.6 is 0 Å². The fourth-order valence-electron chi connectivity index (χ4n) is 3.38. The lowest BCUT2D eigenvalue weighted by atomic mass is 10.2. The van der Waals surface area contributed by atoms with Crippen LogP contribution in [-0.2, 0) is 16.1 Å². The molecule has 138 valence electrons. The maximum atomic E-state index is 12.1. The lowest BCUT2D eigenvalue weighted by molar-refractivity contribution is -0.122. The van der Waals surface area contributed by atoms with Crippen LogP contribution in [0.3, 0.4) is 0 Å². The van der Waals surface area contributed by atoms with Crippen LogP contribution in [0.4, 0.5) is 0 Å². The van der Waals surface area contributed by atoms with Crippen molar-refractivity contribution in [2.24, 2.45) is 0 Å². The number of piperazine rings is 1. The Morgan fingerprint density at radius 3 is 2.32 bits per heavy atom. The molecule has 2 fully saturated rings. The van der Waals surface area contributed by atoms with Crippen LogP contribution in [0.2, 0.25) is 0 Å². The minimum Gasteiger partial charge on any atom is -0.379 e. The Morgan fingerprint density at radius 1 is 0.920 bits per heavy atom. The average Bonchev–Trinajstić information content (AvgIpc) is 2.65. The van der Waals surface area contributed by atoms with Gasteiger partial charge in [0.05, 0.1) is 19.8 Å². The minimum absolute atomic E-state index is 0.143. The number of amides is 1. The smallest absolute Gasteiger partial charge is 0.234 e. The van der Waals surface area contributed by atoms with Gasteiger partial charge in [-0.3, -0.25) is 19.5 Å². The van der Waals surface area contributed by atoms with Gasteiger partial charge in [0, 0.05) is 58.9 Å². The maximum absolute atomic E-state index is 12.1. The van der Waals surface area contributed by atoms with Gasteiger partial charge in [0.2, 0.25) is 5.91 Å². The Bertz CT molecular complexity index is 511. The molecule has 1 N–H and O–H groups in total. The molecule has 0 radical (unpaired) electrons. The van der Waals surface area contributed by atoms with E-state index in [1.807, 2.05) is 0 Å². The van der Waals surface area contributed by atoms with Gasteiger partial charge >= 0.3 is 0 Å². The first-order valence-electron chi connectivity index (χ1n) is 9.35. The van der Waals surface area contributed by atoms with E-state index in [2.05, 4.69) is 50.3 Å². The number of rotatable bonds is 7. The van der Waals surface area contributed by atoms with Crippen LogP contribution in [0, 0.1) is 0 Å². The highest BCUT2D eigenvalue weighted by molar-refractivity contribution is 5.78. The van der Waals surface area contributed by atoms with Crippen molar-refractivity contribution in [1.29, 1.82) is 0 Å². The fraction of sp³-hybridized carbons (Fsp3) is 0.632. The summed E-state index contributed by atoms with van der Waals surface area (Å²) in [6.07, 6.45) is 0. The molecule has 0 saturated carbocycles. The largest absolute Gasteiger partial charge is 0.379 e. The number of benzene rings is 1. The summed E-state index contributed by atoms with van der Waals surface area (Å²) in [5.41, 5.74) is 1.36. The van der Waals surface area contributed by atoms with Crippen molar-refractivity contribution in [3.05, 3.63) is 35.9 Å². The molecule has 1 amide bonds. The van der Waals surface area contributed by atoms with Crippen molar-refractivity contribution in [3.63, 3.8) is 0 Å². The standard InChI is InChI=1S/C19H30N4O2/c24-19(20-6-7-21-12-14-25-15-13-21)17-23-10-8-22(9-11-23)16-18-4-2-1-3-5-18/h1-5H,6-17H2,(H,20,24). The lowest BCUT2D eigenvalue weighted by Crippen LogP contribution is -2.49. The Morgan fingerprint density at radius 2 is 1.60 bits per heavy atom. The normalized spacial score (nSPS) is 20.5. The third kappa shape index (κ3) is 6.40. The monoisotopic (exact) mass is 346 g/mol. The lowest BCUT2D eigenvalue weighted by Gasteiger charge is -2.34. The predicted molar refractivity (Wildman–Crippen MR) is 98.4 cm³/mol. The molecule has 0 aliphatic carbocycles. The summed E-state index contributed by atoms with van der Waals surface area (Å²) in [6, 6.07) is 10.6. The van der Waals surface area contributed by atoms with Gasteiger partial charge in [-0.05, 0) is 5.56 Å². The van der Waals surface area contributed by atoms with E-state index >= 15 is 0 Å². The van der Waals surface area contributed by atoms with E-state index < -0.39 is 0 Å². The molecule has 0 bridgehead atoms. The highest BCUT2D eigenvalue weighted by atomic mass is 16.5. The Hall–Kier alpha value is -1.47. The van der Waals surface area contributed by atoms with Crippen LogP contribution in [-0.4, -0.2) is 92.7 Å². The second-order valence-electron chi connectivity index (χ2n) is 6.84. The Balaban J connectivity index is 1.28. The molecule has 3 rings (SSSR count). The van der Waals surface area contributed by atoms with Crippen LogP contribution in [0.15, 0.2) is 30.3 Å². The molecule has 0 spiro atoms. The van der Waals surface area contributed by atoms with Gasteiger partial charge in [-0.15, -0.1) is 0 Å². The zero-order chi connectivity index (χ0) is 17.3. The van der Waals surface area contributed by atoms with Crippen molar-refractivity contribution in [2.75, 3.05) is 72.1 Å². The van der Waals surface area contributed by atoms with Gasteiger partial charge in [0.15, 0.2) is 0 Å². The molecule has 2 aliphatic heterocycles. The highest BCUT2D eigenvalue weighted by Gasteiger charge is 2.19. The van der Waals surface area contributed by atoms with Gasteiger partial charge < -0.3 is 10.1 Å². The topological polar surface area (TPSA) is 48.1 Å². The van der Waals surface area contributed by atoms with E-state index in [0.717, 1.165) is 72.1 Å². The van der Waals surface area contributed by atoms with E-state index in [9.17, 15) is 4.79 Å². The average molecular weight is 346 g/mol. The Kier molecular flexibility index (Phi) is 7.23. The molecule has 2 saturated heterocycles. The van der Waals surface area contributed by atoms with Crippen LogP contribution in [0.5, 0.6) is 0 Å². The van der Waals surface area contributed by atoms with Crippen molar-refractivity contribution >= 4 is 5.91 Å². The molecular weight excluding hydrogens is 316 g/mol. The first kappa shape index (κ1) is 18.3.